The van der Waals surface area contributed by atoms with Crippen LogP contribution >= 0.6 is 0 Å². The molecule has 0 bridgehead atoms. The molecule has 179 valence electrons. The van der Waals surface area contributed by atoms with E-state index in [0.29, 0.717) is 10.4 Å². The van der Waals surface area contributed by atoms with Crippen LogP contribution < -0.4 is 35.2 Å². The Morgan fingerprint density at radius 1 is 0.886 bits per heavy atom. The van der Waals surface area contributed by atoms with E-state index in [1.165, 1.54) is 27.8 Å². The van der Waals surface area contributed by atoms with Crippen molar-refractivity contribution in [3.05, 3.63) is 88.2 Å². The molecule has 2 aliphatic carbocycles. The van der Waals surface area contributed by atoms with Crippen molar-refractivity contribution >= 4 is 32.8 Å². The molecule has 0 N–H and O–H groups in total. The second-order valence-electron chi connectivity index (χ2n) is 10.9. The van der Waals surface area contributed by atoms with Crippen molar-refractivity contribution in [1.29, 1.82) is 0 Å². The van der Waals surface area contributed by atoms with Crippen molar-refractivity contribution < 1.29 is 58.7 Å². The van der Waals surface area contributed by atoms with Gasteiger partial charge in [-0.1, -0.05) is 0 Å². The van der Waals surface area contributed by atoms with E-state index in [1.54, 1.807) is 46.2 Å². The summed E-state index contributed by atoms with van der Waals surface area (Å²) in [7, 11) is -3.16. The van der Waals surface area contributed by atoms with E-state index < -0.39 is 16.4 Å². The smallest absolute Gasteiger partial charge is 1.00 e. The third-order valence-electron chi connectivity index (χ3n) is 7.39. The van der Waals surface area contributed by atoms with E-state index in [2.05, 4.69) is 93.4 Å². The molecule has 0 aromatic heterocycles. The Kier molecular flexibility index (Phi) is 7.29. The number of hydrogen-bond donors (Lipinski definition) is 0. The molecular formula is C28H29Cl2O2Si2Zr. The van der Waals surface area contributed by atoms with Gasteiger partial charge in [-0.05, 0) is 0 Å². The first-order valence-electron chi connectivity index (χ1n) is 11.8. The summed E-state index contributed by atoms with van der Waals surface area (Å²) in [6.45, 7) is 12.0. The van der Waals surface area contributed by atoms with Gasteiger partial charge in [0.2, 0.25) is 0 Å². The molecule has 3 aromatic rings. The Morgan fingerprint density at radius 3 is 2.26 bits per heavy atom. The molecular weight excluding hydrogens is 587 g/mol. The van der Waals surface area contributed by atoms with Gasteiger partial charge < -0.3 is 24.8 Å². The van der Waals surface area contributed by atoms with Gasteiger partial charge in [0.05, 0.1) is 0 Å². The minimum atomic E-state index is -1.65. The standard InChI is InChI=1S/C28H29O2Si2.2ClH.Zr/c1-31(2,3)30-17-29-24-15-19-11-7-9-13-21(19)26(24)27-23-14-18-10-6-8-12-20(18)22(23)16-25-28(27)32(25,4)5;;;/h6-16,26H,17H2,1-5H3;2*1H;/q;;;+2/p-2. The molecule has 0 spiro atoms. The number of rotatable bonds is 5. The molecule has 3 aromatic carbocycles. The first-order valence-corrected chi connectivity index (χ1v) is 19.6. The van der Waals surface area contributed by atoms with Crippen LogP contribution in [0, 0.1) is 0 Å². The summed E-state index contributed by atoms with van der Waals surface area (Å²) in [4.78, 5) is 0. The number of halogens is 2. The molecule has 2 nitrogen and oxygen atoms in total. The van der Waals surface area contributed by atoms with E-state index in [-0.39, 0.29) is 30.7 Å². The third kappa shape index (κ3) is 4.31. The number of allylic oxidation sites excluding steroid dienone is 1. The summed E-state index contributed by atoms with van der Waals surface area (Å²) in [5.41, 5.74) is 10.2. The van der Waals surface area contributed by atoms with Gasteiger partial charge in [-0.2, -0.15) is 0 Å². The molecule has 0 radical (unpaired) electrons. The molecule has 0 saturated carbocycles. The molecule has 2 unspecified atom stereocenters. The average molecular weight is 616 g/mol. The minimum absolute atomic E-state index is 0. The van der Waals surface area contributed by atoms with Crippen LogP contribution in [-0.2, 0) is 33.9 Å². The van der Waals surface area contributed by atoms with Gasteiger partial charge in [-0.25, -0.2) is 0 Å². The fraction of sp³-hybridized carbons (Fsp3) is 0.286. The van der Waals surface area contributed by atoms with Crippen molar-refractivity contribution in [2.24, 2.45) is 0 Å². The molecule has 0 saturated heterocycles. The SMILES string of the molecule is C[Si](C)(C)OCOC1=Cc2ccccc2C1c1c2c(cc3c1[Si]3(C)C)-c1ccccc1[CH]2[Zr+2].[Cl-].[Cl-]. The van der Waals surface area contributed by atoms with Crippen LogP contribution in [-0.4, -0.2) is 23.2 Å². The molecule has 35 heavy (non-hydrogen) atoms. The predicted molar refractivity (Wildman–Crippen MR) is 137 cm³/mol. The van der Waals surface area contributed by atoms with E-state index in [1.807, 2.05) is 0 Å². The van der Waals surface area contributed by atoms with Crippen molar-refractivity contribution in [2.75, 3.05) is 6.79 Å². The van der Waals surface area contributed by atoms with Crippen LogP contribution in [0.25, 0.3) is 17.2 Å². The van der Waals surface area contributed by atoms with Crippen molar-refractivity contribution in [3.8, 4) is 11.1 Å². The Labute approximate surface area is 238 Å². The van der Waals surface area contributed by atoms with Crippen molar-refractivity contribution in [3.63, 3.8) is 0 Å². The molecule has 1 heterocycles. The van der Waals surface area contributed by atoms with Crippen LogP contribution in [0.2, 0.25) is 32.7 Å². The van der Waals surface area contributed by atoms with Crippen LogP contribution in [0.1, 0.15) is 37.4 Å². The molecule has 3 aliphatic rings. The normalized spacial score (nSPS) is 19.9. The number of benzene rings is 3. The Balaban J connectivity index is 0.00000144. The quantitative estimate of drug-likeness (QED) is 0.292. The van der Waals surface area contributed by atoms with Crippen molar-refractivity contribution in [1.82, 2.24) is 0 Å². The van der Waals surface area contributed by atoms with Crippen LogP contribution in [0.15, 0.2) is 60.4 Å². The summed E-state index contributed by atoms with van der Waals surface area (Å²) in [6.07, 6.45) is 2.26. The van der Waals surface area contributed by atoms with Gasteiger partial charge in [0.15, 0.2) is 0 Å². The van der Waals surface area contributed by atoms with E-state index in [0.717, 1.165) is 5.76 Å². The summed E-state index contributed by atoms with van der Waals surface area (Å²) >= 11 is 1.56. The first kappa shape index (κ1) is 27.1. The first-order chi connectivity index (χ1) is 15.7. The number of fused-ring (bicyclic) bond motifs is 5. The van der Waals surface area contributed by atoms with Crippen molar-refractivity contribution in [2.45, 2.75) is 42.3 Å². The molecule has 6 rings (SSSR count). The van der Waals surface area contributed by atoms with Gasteiger partial charge in [0.1, 0.15) is 0 Å². The second kappa shape index (κ2) is 9.42. The Morgan fingerprint density at radius 2 is 1.54 bits per heavy atom. The molecule has 2 atom stereocenters. The summed E-state index contributed by atoms with van der Waals surface area (Å²) < 4.78 is 13.0. The molecule has 1 aliphatic heterocycles. The monoisotopic (exact) mass is 613 g/mol. The van der Waals surface area contributed by atoms with E-state index in [4.69, 9.17) is 9.16 Å². The van der Waals surface area contributed by atoms with Gasteiger partial charge >= 0.3 is 215 Å². The zero-order valence-corrected chi connectivity index (χ0v) is 26.7. The Bertz CT molecular complexity index is 1350. The number of ether oxygens (including phenoxy) is 1. The van der Waals surface area contributed by atoms with E-state index >= 15 is 0 Å². The summed E-state index contributed by atoms with van der Waals surface area (Å²) in [6, 6.07) is 20.4. The average Bonchev–Trinajstić information content (AvgIpc) is 3.05. The fourth-order valence-corrected chi connectivity index (χ4v) is 10.9. The van der Waals surface area contributed by atoms with Gasteiger partial charge in [0.25, 0.3) is 0 Å². The maximum atomic E-state index is 6.44. The fourth-order valence-electron chi connectivity index (χ4n) is 5.71. The van der Waals surface area contributed by atoms with Gasteiger partial charge in [-0.15, -0.1) is 0 Å². The topological polar surface area (TPSA) is 18.5 Å². The van der Waals surface area contributed by atoms with Gasteiger partial charge in [0, 0.05) is 0 Å². The molecule has 0 amide bonds. The summed E-state index contributed by atoms with van der Waals surface area (Å²) in [5.74, 6) is 1.22. The second-order valence-corrected chi connectivity index (χ2v) is 21.2. The maximum absolute atomic E-state index is 6.44. The zero-order valence-electron chi connectivity index (χ0n) is 20.7. The largest absolute Gasteiger partial charge is 1.00 e. The summed E-state index contributed by atoms with van der Waals surface area (Å²) in [5, 5.41) is 3.31. The molecule has 7 heteroatoms. The maximum Gasteiger partial charge on any atom is -1.00 e. The van der Waals surface area contributed by atoms with Crippen LogP contribution in [0.4, 0.5) is 0 Å². The predicted octanol–water partition coefficient (Wildman–Crippen LogP) is -0.241. The van der Waals surface area contributed by atoms with Gasteiger partial charge in [-0.3, -0.25) is 0 Å². The Hall–Kier alpha value is -0.943. The molecule has 0 fully saturated rings. The minimum Gasteiger partial charge on any atom is -1.00 e. The van der Waals surface area contributed by atoms with E-state index in [9.17, 15) is 0 Å². The zero-order chi connectivity index (χ0) is 23.1. The third-order valence-corrected chi connectivity index (χ3v) is 13.1. The number of hydrogen-bond acceptors (Lipinski definition) is 2. The van der Waals surface area contributed by atoms with Crippen LogP contribution in [0.3, 0.4) is 0 Å². The van der Waals surface area contributed by atoms with Crippen LogP contribution in [0.5, 0.6) is 0 Å².